The molecule has 1 unspecified atom stereocenters. The van der Waals surface area contributed by atoms with E-state index in [1.165, 1.54) is 0 Å². The molecule has 0 N–H and O–H groups in total. The van der Waals surface area contributed by atoms with Crippen LogP contribution >= 0.6 is 15.9 Å². The quantitative estimate of drug-likeness (QED) is 0.635. The summed E-state index contributed by atoms with van der Waals surface area (Å²) in [5.41, 5.74) is 3.95. The van der Waals surface area contributed by atoms with Crippen molar-refractivity contribution >= 4 is 27.5 Å². The van der Waals surface area contributed by atoms with Gasteiger partial charge in [0, 0.05) is 22.4 Å². The first-order valence-electron chi connectivity index (χ1n) is 7.74. The minimum atomic E-state index is -0.279. The number of hydrogen-bond acceptors (Lipinski definition) is 2. The summed E-state index contributed by atoms with van der Waals surface area (Å²) in [5, 5.41) is 0. The van der Waals surface area contributed by atoms with Crippen molar-refractivity contribution < 1.29 is 9.59 Å². The van der Waals surface area contributed by atoms with E-state index in [4.69, 9.17) is 0 Å². The fraction of sp³-hybridized carbons (Fsp3) is 0.300. The Hall–Kier alpha value is -1.74. The zero-order chi connectivity index (χ0) is 17.0. The van der Waals surface area contributed by atoms with E-state index in [1.807, 2.05) is 38.1 Å². The topological polar surface area (TPSA) is 34.1 Å². The van der Waals surface area contributed by atoms with Crippen LogP contribution < -0.4 is 0 Å². The molecule has 0 bridgehead atoms. The van der Waals surface area contributed by atoms with Gasteiger partial charge in [-0.25, -0.2) is 0 Å². The molecule has 0 amide bonds. The van der Waals surface area contributed by atoms with Crippen LogP contribution in [0, 0.1) is 13.8 Å². The molecule has 2 nitrogen and oxygen atoms in total. The van der Waals surface area contributed by atoms with Crippen LogP contribution in [-0.4, -0.2) is 11.6 Å². The standard InChI is InChI=1S/C20H21BrO2/c1-13-10-14(2)12-17(11-13)19(9-4-15(3)22)20(23)16-5-7-18(21)8-6-16/h5-8,10-12,19H,4,9H2,1-3H3. The van der Waals surface area contributed by atoms with Crippen LogP contribution in [0.15, 0.2) is 46.9 Å². The highest BCUT2D eigenvalue weighted by Gasteiger charge is 2.23. The third kappa shape index (κ3) is 4.87. The van der Waals surface area contributed by atoms with Crippen molar-refractivity contribution in [2.24, 2.45) is 0 Å². The summed E-state index contributed by atoms with van der Waals surface area (Å²) >= 11 is 3.39. The Labute approximate surface area is 146 Å². The molecule has 0 saturated carbocycles. The van der Waals surface area contributed by atoms with E-state index in [1.54, 1.807) is 6.92 Å². The molecule has 2 aromatic carbocycles. The van der Waals surface area contributed by atoms with E-state index < -0.39 is 0 Å². The maximum atomic E-state index is 13.0. The molecule has 0 aliphatic carbocycles. The summed E-state index contributed by atoms with van der Waals surface area (Å²) in [6.07, 6.45) is 0.965. The molecule has 0 fully saturated rings. The van der Waals surface area contributed by atoms with Crippen LogP contribution in [0.4, 0.5) is 0 Å². The zero-order valence-corrected chi connectivity index (χ0v) is 15.3. The normalized spacial score (nSPS) is 12.0. The second-order valence-corrected chi connectivity index (χ2v) is 7.00. The Morgan fingerprint density at radius 1 is 1.00 bits per heavy atom. The lowest BCUT2D eigenvalue weighted by molar-refractivity contribution is -0.117. The van der Waals surface area contributed by atoms with Gasteiger partial charge in [0.25, 0.3) is 0 Å². The first kappa shape index (κ1) is 17.6. The molecule has 0 aliphatic heterocycles. The molecule has 0 saturated heterocycles. The van der Waals surface area contributed by atoms with E-state index in [9.17, 15) is 9.59 Å². The molecule has 0 aromatic heterocycles. The lowest BCUT2D eigenvalue weighted by Crippen LogP contribution is -2.15. The predicted molar refractivity (Wildman–Crippen MR) is 97.0 cm³/mol. The molecule has 3 heteroatoms. The van der Waals surface area contributed by atoms with Gasteiger partial charge in [-0.15, -0.1) is 0 Å². The third-order valence-electron chi connectivity index (χ3n) is 3.88. The molecule has 0 heterocycles. The predicted octanol–water partition coefficient (Wildman–Crippen LogP) is 5.40. The Morgan fingerprint density at radius 3 is 2.09 bits per heavy atom. The van der Waals surface area contributed by atoms with E-state index in [0.29, 0.717) is 18.4 Å². The van der Waals surface area contributed by atoms with Crippen LogP contribution in [0.1, 0.15) is 52.7 Å². The lowest BCUT2D eigenvalue weighted by Gasteiger charge is -2.17. The fourth-order valence-corrected chi connectivity index (χ4v) is 3.09. The lowest BCUT2D eigenvalue weighted by atomic mass is 9.85. The molecule has 2 aromatic rings. The summed E-state index contributed by atoms with van der Waals surface area (Å²) in [6, 6.07) is 13.6. The first-order chi connectivity index (χ1) is 10.9. The highest BCUT2D eigenvalue weighted by molar-refractivity contribution is 9.10. The van der Waals surface area contributed by atoms with Gasteiger partial charge in [0.1, 0.15) is 5.78 Å². The number of halogens is 1. The Morgan fingerprint density at radius 2 is 1.57 bits per heavy atom. The highest BCUT2D eigenvalue weighted by Crippen LogP contribution is 2.28. The van der Waals surface area contributed by atoms with Gasteiger partial charge >= 0.3 is 0 Å². The van der Waals surface area contributed by atoms with E-state index in [-0.39, 0.29) is 17.5 Å². The maximum Gasteiger partial charge on any atom is 0.170 e. The van der Waals surface area contributed by atoms with E-state index in [2.05, 4.69) is 34.1 Å². The molecular formula is C20H21BrO2. The summed E-state index contributed by atoms with van der Waals surface area (Å²) < 4.78 is 0.945. The fourth-order valence-electron chi connectivity index (χ4n) is 2.82. The SMILES string of the molecule is CC(=O)CCC(C(=O)c1ccc(Br)cc1)c1cc(C)cc(C)c1. The van der Waals surface area contributed by atoms with E-state index in [0.717, 1.165) is 21.2 Å². The van der Waals surface area contributed by atoms with Gasteiger partial charge in [-0.05, 0) is 44.9 Å². The molecule has 0 radical (unpaired) electrons. The minimum Gasteiger partial charge on any atom is -0.300 e. The Kier molecular flexibility index (Phi) is 5.89. The van der Waals surface area contributed by atoms with Crippen molar-refractivity contribution in [3.63, 3.8) is 0 Å². The summed E-state index contributed by atoms with van der Waals surface area (Å²) in [7, 11) is 0. The van der Waals surface area contributed by atoms with Crippen molar-refractivity contribution in [1.29, 1.82) is 0 Å². The molecule has 1 atom stereocenters. The Balaban J connectivity index is 2.38. The van der Waals surface area contributed by atoms with Gasteiger partial charge < -0.3 is 4.79 Å². The number of Topliss-reactive ketones (excluding diaryl/α,β-unsaturated/α-hetero) is 2. The van der Waals surface area contributed by atoms with Crippen molar-refractivity contribution in [3.8, 4) is 0 Å². The van der Waals surface area contributed by atoms with Gasteiger partial charge in [-0.3, -0.25) is 4.79 Å². The number of carbonyl (C=O) groups is 2. The summed E-state index contributed by atoms with van der Waals surface area (Å²) in [6.45, 7) is 5.63. The van der Waals surface area contributed by atoms with Gasteiger partial charge in [-0.2, -0.15) is 0 Å². The minimum absolute atomic E-state index is 0.0729. The third-order valence-corrected chi connectivity index (χ3v) is 4.41. The zero-order valence-electron chi connectivity index (χ0n) is 13.7. The van der Waals surface area contributed by atoms with Gasteiger partial charge in [0.2, 0.25) is 0 Å². The van der Waals surface area contributed by atoms with Crippen LogP contribution in [0.5, 0.6) is 0 Å². The first-order valence-corrected chi connectivity index (χ1v) is 8.53. The summed E-state index contributed by atoms with van der Waals surface area (Å²) in [5.74, 6) is -0.0922. The second-order valence-electron chi connectivity index (χ2n) is 6.09. The van der Waals surface area contributed by atoms with Crippen LogP contribution in [-0.2, 0) is 4.79 Å². The molecule has 0 spiro atoms. The van der Waals surface area contributed by atoms with Crippen molar-refractivity contribution in [2.45, 2.75) is 39.5 Å². The molecular weight excluding hydrogens is 352 g/mol. The van der Waals surface area contributed by atoms with Crippen molar-refractivity contribution in [3.05, 3.63) is 69.2 Å². The van der Waals surface area contributed by atoms with Gasteiger partial charge in [0.15, 0.2) is 5.78 Å². The van der Waals surface area contributed by atoms with E-state index >= 15 is 0 Å². The molecule has 2 rings (SSSR count). The number of carbonyl (C=O) groups excluding carboxylic acids is 2. The largest absolute Gasteiger partial charge is 0.300 e. The molecule has 120 valence electrons. The number of benzene rings is 2. The highest BCUT2D eigenvalue weighted by atomic mass is 79.9. The van der Waals surface area contributed by atoms with Crippen LogP contribution in [0.3, 0.4) is 0 Å². The second kappa shape index (κ2) is 7.69. The smallest absolute Gasteiger partial charge is 0.170 e. The van der Waals surface area contributed by atoms with Crippen LogP contribution in [0.2, 0.25) is 0 Å². The summed E-state index contributed by atoms with van der Waals surface area (Å²) in [4.78, 5) is 24.4. The van der Waals surface area contributed by atoms with Gasteiger partial charge in [-0.1, -0.05) is 57.4 Å². The monoisotopic (exact) mass is 372 g/mol. The van der Waals surface area contributed by atoms with Crippen molar-refractivity contribution in [2.75, 3.05) is 0 Å². The van der Waals surface area contributed by atoms with Crippen molar-refractivity contribution in [1.82, 2.24) is 0 Å². The maximum absolute atomic E-state index is 13.0. The average Bonchev–Trinajstić information content (AvgIpc) is 2.46. The van der Waals surface area contributed by atoms with Crippen LogP contribution in [0.25, 0.3) is 0 Å². The number of rotatable bonds is 6. The molecule has 23 heavy (non-hydrogen) atoms. The number of aryl methyl sites for hydroxylation is 2. The molecule has 0 aliphatic rings. The number of hydrogen-bond donors (Lipinski definition) is 0. The number of ketones is 2. The van der Waals surface area contributed by atoms with Gasteiger partial charge in [0.05, 0.1) is 0 Å². The average molecular weight is 373 g/mol. The Bertz CT molecular complexity index is 697.